The summed E-state index contributed by atoms with van der Waals surface area (Å²) < 4.78 is 7.91. The van der Waals surface area contributed by atoms with Gasteiger partial charge in [-0.2, -0.15) is 5.10 Å². The van der Waals surface area contributed by atoms with Crippen molar-refractivity contribution in [1.29, 1.82) is 0 Å². The van der Waals surface area contributed by atoms with E-state index in [0.29, 0.717) is 12.5 Å². The molecule has 0 aliphatic carbocycles. The second kappa shape index (κ2) is 9.25. The molecular formula is C23H29N7O2. The molecule has 0 spiro atoms. The van der Waals surface area contributed by atoms with Crippen molar-refractivity contribution < 1.29 is 9.53 Å². The molecule has 1 fully saturated rings. The van der Waals surface area contributed by atoms with Gasteiger partial charge in [0.2, 0.25) is 5.95 Å². The van der Waals surface area contributed by atoms with Crippen molar-refractivity contribution in [1.82, 2.24) is 30.0 Å². The minimum absolute atomic E-state index is 0.00629. The van der Waals surface area contributed by atoms with Crippen molar-refractivity contribution in [2.45, 2.75) is 39.8 Å². The monoisotopic (exact) mass is 435 g/mol. The quantitative estimate of drug-likeness (QED) is 0.588. The van der Waals surface area contributed by atoms with E-state index in [-0.39, 0.29) is 12.1 Å². The summed E-state index contributed by atoms with van der Waals surface area (Å²) in [6.45, 7) is 8.12. The number of aromatic nitrogens is 4. The Balaban J connectivity index is 1.60. The number of hydrogen-bond donors (Lipinski definition) is 2. The lowest BCUT2D eigenvalue weighted by Crippen LogP contribution is -2.47. The molecule has 3 aromatic rings. The zero-order valence-corrected chi connectivity index (χ0v) is 18.9. The van der Waals surface area contributed by atoms with Crippen molar-refractivity contribution >= 4 is 17.7 Å². The number of nitrogens with one attached hydrogen (secondary N) is 2. The van der Waals surface area contributed by atoms with Crippen molar-refractivity contribution in [3.63, 3.8) is 0 Å². The van der Waals surface area contributed by atoms with Crippen LogP contribution >= 0.6 is 0 Å². The van der Waals surface area contributed by atoms with Crippen molar-refractivity contribution in [3.05, 3.63) is 47.9 Å². The molecule has 0 atom stereocenters. The van der Waals surface area contributed by atoms with Crippen LogP contribution in [0.15, 0.2) is 36.8 Å². The Labute approximate surface area is 187 Å². The van der Waals surface area contributed by atoms with Crippen LogP contribution in [0.5, 0.6) is 5.75 Å². The Morgan fingerprint density at radius 1 is 1.25 bits per heavy atom. The predicted octanol–water partition coefficient (Wildman–Crippen LogP) is 3.63. The third kappa shape index (κ3) is 4.82. The van der Waals surface area contributed by atoms with E-state index < -0.39 is 0 Å². The zero-order valence-electron chi connectivity index (χ0n) is 18.9. The lowest BCUT2D eigenvalue weighted by molar-refractivity contribution is 0.167. The summed E-state index contributed by atoms with van der Waals surface area (Å²) in [5.74, 6) is 1.25. The van der Waals surface area contributed by atoms with E-state index in [2.05, 4.69) is 25.7 Å². The molecule has 2 amide bonds. The number of amides is 2. The highest BCUT2D eigenvalue weighted by molar-refractivity contribution is 5.75. The molecule has 32 heavy (non-hydrogen) atoms. The number of benzene rings is 1. The average Bonchev–Trinajstić information content (AvgIpc) is 3.11. The van der Waals surface area contributed by atoms with Crippen LogP contribution in [0.2, 0.25) is 0 Å². The molecule has 1 aromatic carbocycles. The molecule has 9 heteroatoms. The lowest BCUT2D eigenvalue weighted by atomic mass is 10.0. The fraction of sp³-hybridized carbons (Fsp3) is 0.391. The fourth-order valence-corrected chi connectivity index (χ4v) is 3.50. The number of ether oxygens (including phenoxy) is 1. The van der Waals surface area contributed by atoms with Crippen molar-refractivity contribution in [3.8, 4) is 17.0 Å². The first-order chi connectivity index (χ1) is 15.4. The maximum Gasteiger partial charge on any atom is 0.317 e. The molecule has 2 aromatic heterocycles. The first-order valence-electron chi connectivity index (χ1n) is 10.8. The molecule has 2 N–H and O–H groups in total. The third-order valence-electron chi connectivity index (χ3n) is 5.34. The maximum absolute atomic E-state index is 12.2. The Morgan fingerprint density at radius 3 is 2.72 bits per heavy atom. The number of urea groups is 1. The molecule has 0 bridgehead atoms. The van der Waals surface area contributed by atoms with Crippen LogP contribution in [0.25, 0.3) is 11.3 Å². The van der Waals surface area contributed by atoms with Gasteiger partial charge in [0.05, 0.1) is 23.7 Å². The SMILES string of the molecule is Cc1c(CNC(=O)N2CCC2)ccc(-c2ccnc(Nc3cnn(C)c3)n2)c1OC(C)C. The van der Waals surface area contributed by atoms with Crippen LogP contribution in [0.3, 0.4) is 0 Å². The zero-order chi connectivity index (χ0) is 22.7. The fourth-order valence-electron chi connectivity index (χ4n) is 3.50. The third-order valence-corrected chi connectivity index (χ3v) is 5.34. The molecule has 0 radical (unpaired) electrons. The van der Waals surface area contributed by atoms with Gasteiger partial charge in [-0.15, -0.1) is 0 Å². The van der Waals surface area contributed by atoms with E-state index in [1.54, 1.807) is 17.1 Å². The van der Waals surface area contributed by atoms with Gasteiger partial charge in [0.25, 0.3) is 0 Å². The number of likely N-dealkylation sites (tertiary alicyclic amines) is 1. The minimum atomic E-state index is -0.0204. The second-order valence-corrected chi connectivity index (χ2v) is 8.19. The molecule has 3 heterocycles. The van der Waals surface area contributed by atoms with E-state index in [0.717, 1.165) is 53.3 Å². The van der Waals surface area contributed by atoms with Crippen LogP contribution in [0.4, 0.5) is 16.4 Å². The Bertz CT molecular complexity index is 1110. The highest BCUT2D eigenvalue weighted by Gasteiger charge is 2.21. The molecular weight excluding hydrogens is 406 g/mol. The summed E-state index contributed by atoms with van der Waals surface area (Å²) in [4.78, 5) is 23.0. The van der Waals surface area contributed by atoms with Gasteiger partial charge in [-0.1, -0.05) is 6.07 Å². The first kappa shape index (κ1) is 21.6. The van der Waals surface area contributed by atoms with Gasteiger partial charge in [-0.3, -0.25) is 4.68 Å². The van der Waals surface area contributed by atoms with Crippen LogP contribution in [0.1, 0.15) is 31.4 Å². The van der Waals surface area contributed by atoms with Crippen LogP contribution in [0, 0.1) is 6.92 Å². The Kier molecular flexibility index (Phi) is 6.25. The number of anilines is 2. The molecule has 9 nitrogen and oxygen atoms in total. The van der Waals surface area contributed by atoms with Gasteiger partial charge in [-0.05, 0) is 50.5 Å². The van der Waals surface area contributed by atoms with Crippen LogP contribution in [-0.2, 0) is 13.6 Å². The largest absolute Gasteiger partial charge is 0.490 e. The molecule has 0 unspecified atom stereocenters. The molecule has 1 saturated heterocycles. The van der Waals surface area contributed by atoms with Gasteiger partial charge in [0.1, 0.15) is 5.75 Å². The number of carbonyl (C=O) groups is 1. The van der Waals surface area contributed by atoms with Crippen LogP contribution in [-0.4, -0.2) is 49.9 Å². The summed E-state index contributed by atoms with van der Waals surface area (Å²) in [6.07, 6.45) is 6.36. The van der Waals surface area contributed by atoms with Crippen molar-refractivity contribution in [2.24, 2.45) is 7.05 Å². The smallest absolute Gasteiger partial charge is 0.317 e. The molecule has 4 rings (SSSR count). The Hall–Kier alpha value is -3.62. The molecule has 1 aliphatic rings. The normalized spacial score (nSPS) is 13.1. The summed E-state index contributed by atoms with van der Waals surface area (Å²) >= 11 is 0. The van der Waals surface area contributed by atoms with Gasteiger partial charge in [-0.25, -0.2) is 14.8 Å². The van der Waals surface area contributed by atoms with Crippen molar-refractivity contribution in [2.75, 3.05) is 18.4 Å². The number of nitrogens with zero attached hydrogens (tertiary/aromatic N) is 5. The van der Waals surface area contributed by atoms with Gasteiger partial charge in [0.15, 0.2) is 0 Å². The standard InChI is InChI=1S/C23H29N7O2/c1-15(2)32-21-16(3)17(12-25-23(31)30-10-5-11-30)6-7-19(21)20-8-9-24-22(28-20)27-18-13-26-29(4)14-18/h6-9,13-15H,5,10-12H2,1-4H3,(H,25,31)(H,24,27,28). The van der Waals surface area contributed by atoms with E-state index in [1.165, 1.54) is 0 Å². The van der Waals surface area contributed by atoms with Gasteiger partial charge >= 0.3 is 6.03 Å². The molecule has 1 aliphatic heterocycles. The van der Waals surface area contributed by atoms with Gasteiger partial charge in [0, 0.05) is 44.6 Å². The highest BCUT2D eigenvalue weighted by atomic mass is 16.5. The van der Waals surface area contributed by atoms with E-state index in [9.17, 15) is 4.79 Å². The topological polar surface area (TPSA) is 97.2 Å². The summed E-state index contributed by atoms with van der Waals surface area (Å²) in [7, 11) is 1.86. The number of aryl methyl sites for hydroxylation is 1. The molecule has 0 saturated carbocycles. The van der Waals surface area contributed by atoms with Crippen LogP contribution < -0.4 is 15.4 Å². The second-order valence-electron chi connectivity index (χ2n) is 8.19. The highest BCUT2D eigenvalue weighted by Crippen LogP contribution is 2.35. The number of rotatable bonds is 7. The van der Waals surface area contributed by atoms with E-state index in [4.69, 9.17) is 4.74 Å². The number of hydrogen-bond acceptors (Lipinski definition) is 6. The minimum Gasteiger partial charge on any atom is -0.490 e. The first-order valence-corrected chi connectivity index (χ1v) is 10.8. The van der Waals surface area contributed by atoms with E-state index >= 15 is 0 Å². The predicted molar refractivity (Wildman–Crippen MR) is 123 cm³/mol. The summed E-state index contributed by atoms with van der Waals surface area (Å²) in [5, 5.41) is 10.3. The average molecular weight is 436 g/mol. The van der Waals surface area contributed by atoms with E-state index in [1.807, 2.05) is 57.1 Å². The lowest BCUT2D eigenvalue weighted by Gasteiger charge is -2.31. The summed E-state index contributed by atoms with van der Waals surface area (Å²) in [6, 6.07) is 5.85. The summed E-state index contributed by atoms with van der Waals surface area (Å²) in [5.41, 5.74) is 4.45. The molecule has 168 valence electrons. The van der Waals surface area contributed by atoms with Gasteiger partial charge < -0.3 is 20.3 Å². The Morgan fingerprint density at radius 2 is 2.06 bits per heavy atom. The maximum atomic E-state index is 12.2. The number of carbonyl (C=O) groups excluding carboxylic acids is 1.